The molecule has 0 aliphatic carbocycles. The van der Waals surface area contributed by atoms with Crippen LogP contribution in [-0.4, -0.2) is 31.9 Å². The topological polar surface area (TPSA) is 117 Å². The number of amidine groups is 1. The zero-order valence-electron chi connectivity index (χ0n) is 17.9. The zero-order chi connectivity index (χ0) is 24.5. The molecule has 0 bridgehead atoms. The average molecular weight is 599 g/mol. The van der Waals surface area contributed by atoms with E-state index < -0.39 is 14.9 Å². The van der Waals surface area contributed by atoms with Crippen molar-refractivity contribution in [2.45, 2.75) is 4.05 Å². The number of benzene rings is 3. The van der Waals surface area contributed by atoms with Gasteiger partial charge in [0.2, 0.25) is 0 Å². The number of nitro benzene ring substituents is 1. The third-order valence-electron chi connectivity index (χ3n) is 5.41. The average Bonchev–Trinajstić information content (AvgIpc) is 3.30. The number of rotatable bonds is 5. The molecule has 0 spiro atoms. The Kier molecular flexibility index (Phi) is 6.22. The highest BCUT2D eigenvalue weighted by Crippen LogP contribution is 2.44. The minimum absolute atomic E-state index is 0.139. The van der Waals surface area contributed by atoms with E-state index in [1.54, 1.807) is 42.5 Å². The van der Waals surface area contributed by atoms with E-state index in [-0.39, 0.29) is 27.7 Å². The Morgan fingerprint density at radius 1 is 1.06 bits per heavy atom. The Bertz CT molecular complexity index is 1470. The highest BCUT2D eigenvalue weighted by atomic mass is 127. The Morgan fingerprint density at radius 2 is 1.74 bits per heavy atom. The number of para-hydroxylation sites is 1. The van der Waals surface area contributed by atoms with Gasteiger partial charge < -0.3 is 0 Å². The number of nitro groups is 1. The fraction of sp³-hybridized carbons (Fsp3) is 0.0417. The molecule has 1 atom stereocenters. The molecule has 11 heteroatoms. The molecular weight excluding hydrogens is 583 g/mol. The molecule has 9 nitrogen and oxygen atoms in total. The molecule has 1 aliphatic heterocycles. The fourth-order valence-corrected chi connectivity index (χ4v) is 4.82. The third kappa shape index (κ3) is 4.26. The van der Waals surface area contributed by atoms with Crippen molar-refractivity contribution in [1.29, 1.82) is 0 Å². The summed E-state index contributed by atoms with van der Waals surface area (Å²) < 4.78 is -0.508. The first-order valence-corrected chi connectivity index (χ1v) is 12.0. The molecule has 3 aromatic carbocycles. The lowest BCUT2D eigenvalue weighted by atomic mass is 10.1. The van der Waals surface area contributed by atoms with Gasteiger partial charge in [0, 0.05) is 11.6 Å². The number of halogens is 2. The van der Waals surface area contributed by atoms with E-state index >= 15 is 0 Å². The summed E-state index contributed by atoms with van der Waals surface area (Å²) in [7, 11) is 0. The summed E-state index contributed by atoms with van der Waals surface area (Å²) in [6.07, 6.45) is 0. The van der Waals surface area contributed by atoms with Gasteiger partial charge in [-0.05, 0) is 40.8 Å². The number of aliphatic imine (C=N–C) groups is 1. The van der Waals surface area contributed by atoms with Gasteiger partial charge in [-0.2, -0.15) is 5.10 Å². The molecule has 5 rings (SSSR count). The van der Waals surface area contributed by atoms with Gasteiger partial charge in [-0.1, -0.05) is 66.2 Å². The van der Waals surface area contributed by atoms with Crippen molar-refractivity contribution in [1.82, 2.24) is 20.6 Å². The number of nitrogens with zero attached hydrogens (tertiary/aromatic N) is 4. The van der Waals surface area contributed by atoms with Crippen LogP contribution in [0.5, 0.6) is 0 Å². The predicted molar refractivity (Wildman–Crippen MR) is 141 cm³/mol. The molecule has 174 valence electrons. The van der Waals surface area contributed by atoms with E-state index in [0.29, 0.717) is 17.1 Å². The largest absolute Gasteiger partial charge is 0.280 e. The number of fused-ring (bicyclic) bond motifs is 1. The van der Waals surface area contributed by atoms with Crippen LogP contribution >= 0.6 is 34.2 Å². The predicted octanol–water partition coefficient (Wildman–Crippen LogP) is 5.81. The van der Waals surface area contributed by atoms with Gasteiger partial charge in [0.05, 0.1) is 26.8 Å². The first-order valence-electron chi connectivity index (χ1n) is 10.4. The third-order valence-corrected chi connectivity index (χ3v) is 6.92. The van der Waals surface area contributed by atoms with Crippen LogP contribution in [0.1, 0.15) is 25.7 Å². The molecule has 0 saturated heterocycles. The maximum absolute atomic E-state index is 13.2. The van der Waals surface area contributed by atoms with Crippen molar-refractivity contribution >= 4 is 57.3 Å². The molecule has 35 heavy (non-hydrogen) atoms. The van der Waals surface area contributed by atoms with Crippen LogP contribution < -0.4 is 5.43 Å². The van der Waals surface area contributed by atoms with Crippen LogP contribution in [0.25, 0.3) is 11.3 Å². The Morgan fingerprint density at radius 3 is 2.49 bits per heavy atom. The summed E-state index contributed by atoms with van der Waals surface area (Å²) in [4.78, 5) is 29.3. The van der Waals surface area contributed by atoms with E-state index in [1.165, 1.54) is 11.1 Å². The van der Waals surface area contributed by atoms with Crippen LogP contribution in [0.3, 0.4) is 0 Å². The number of hydrazine groups is 1. The second kappa shape index (κ2) is 9.47. The van der Waals surface area contributed by atoms with E-state index in [4.69, 9.17) is 16.6 Å². The zero-order valence-corrected chi connectivity index (χ0v) is 20.8. The highest BCUT2D eigenvalue weighted by Gasteiger charge is 2.36. The number of alkyl halides is 1. The molecule has 4 aromatic rings. The molecule has 0 saturated carbocycles. The molecule has 1 amide bonds. The summed E-state index contributed by atoms with van der Waals surface area (Å²) in [6.45, 7) is 0. The maximum atomic E-state index is 13.2. The normalized spacial score (nSPS) is 14.7. The van der Waals surface area contributed by atoms with Crippen molar-refractivity contribution in [3.05, 3.63) is 111 Å². The van der Waals surface area contributed by atoms with E-state index in [0.717, 1.165) is 5.56 Å². The number of aromatic nitrogens is 2. The number of nitrogens with one attached hydrogen (secondary N) is 2. The van der Waals surface area contributed by atoms with E-state index in [1.807, 2.05) is 30.3 Å². The van der Waals surface area contributed by atoms with Gasteiger partial charge in [0.25, 0.3) is 11.6 Å². The van der Waals surface area contributed by atoms with Gasteiger partial charge >= 0.3 is 0 Å². The van der Waals surface area contributed by atoms with Gasteiger partial charge in [-0.25, -0.2) is 10.0 Å². The van der Waals surface area contributed by atoms with Crippen molar-refractivity contribution in [2.24, 2.45) is 4.99 Å². The van der Waals surface area contributed by atoms with Crippen molar-refractivity contribution in [3.63, 3.8) is 0 Å². The molecule has 2 heterocycles. The van der Waals surface area contributed by atoms with E-state index in [9.17, 15) is 14.9 Å². The van der Waals surface area contributed by atoms with Crippen molar-refractivity contribution in [3.8, 4) is 11.3 Å². The van der Waals surface area contributed by atoms with Gasteiger partial charge in [0.15, 0.2) is 5.84 Å². The van der Waals surface area contributed by atoms with Crippen LogP contribution in [0.15, 0.2) is 83.9 Å². The molecule has 1 aromatic heterocycles. The number of amides is 1. The lowest BCUT2D eigenvalue weighted by molar-refractivity contribution is -0.385. The monoisotopic (exact) mass is 598 g/mol. The van der Waals surface area contributed by atoms with Gasteiger partial charge in [0.1, 0.15) is 15.4 Å². The smallest absolute Gasteiger partial charge is 0.277 e. The van der Waals surface area contributed by atoms with Gasteiger partial charge in [-0.15, -0.1) is 0 Å². The fourth-order valence-electron chi connectivity index (χ4n) is 3.76. The Hall–Kier alpha value is -3.77. The second-order valence-electron chi connectivity index (χ2n) is 7.54. The van der Waals surface area contributed by atoms with Gasteiger partial charge in [-0.3, -0.25) is 25.4 Å². The number of hydrogen-bond acceptors (Lipinski definition) is 6. The van der Waals surface area contributed by atoms with Crippen molar-refractivity contribution < 1.29 is 9.72 Å². The SMILES string of the molecule is O=C(NN1C(c2ccccc2[N+](=O)[O-])=Nc2c(-c3ccccc3)n[nH]c2C1I)c1ccccc1Cl. The number of carbonyl (C=O) groups is 1. The number of carbonyl (C=O) groups excluding carboxylic acids is 1. The summed E-state index contributed by atoms with van der Waals surface area (Å²) in [5.74, 6) is -0.266. The summed E-state index contributed by atoms with van der Waals surface area (Å²) >= 11 is 8.36. The van der Waals surface area contributed by atoms with Crippen LogP contribution in [-0.2, 0) is 0 Å². The molecule has 1 aliphatic rings. The first kappa shape index (κ1) is 23.0. The second-order valence-corrected chi connectivity index (χ2v) is 9.12. The first-order chi connectivity index (χ1) is 17.0. The Balaban J connectivity index is 1.66. The molecule has 2 N–H and O–H groups in total. The number of aromatic amines is 1. The summed E-state index contributed by atoms with van der Waals surface area (Å²) in [5, 5.41) is 21.1. The quantitative estimate of drug-likeness (QED) is 0.0989. The van der Waals surface area contributed by atoms with Crippen LogP contribution in [0.2, 0.25) is 5.02 Å². The standard InChI is InChI=1S/C24H16ClIN6O3/c25-17-12-6-4-10-15(17)24(33)30-31-22(26)21-20(19(28-29-21)14-8-2-1-3-9-14)27-23(31)16-11-5-7-13-18(16)32(34)35/h1-13,22H,(H,28,29)(H,30,33). The number of H-pyrrole nitrogens is 1. The molecule has 0 fully saturated rings. The molecule has 0 radical (unpaired) electrons. The lowest BCUT2D eigenvalue weighted by Gasteiger charge is -2.33. The number of hydrogen-bond donors (Lipinski definition) is 2. The van der Waals surface area contributed by atoms with E-state index in [2.05, 4.69) is 38.2 Å². The summed E-state index contributed by atoms with van der Waals surface area (Å²) in [5.41, 5.74) is 5.85. The lowest BCUT2D eigenvalue weighted by Crippen LogP contribution is -2.48. The highest BCUT2D eigenvalue weighted by molar-refractivity contribution is 14.1. The minimum Gasteiger partial charge on any atom is -0.277 e. The molecular formula is C24H16ClIN6O3. The maximum Gasteiger partial charge on any atom is 0.280 e. The summed E-state index contributed by atoms with van der Waals surface area (Å²) in [6, 6.07) is 22.4. The van der Waals surface area contributed by atoms with Crippen LogP contribution in [0, 0.1) is 10.1 Å². The molecule has 1 unspecified atom stereocenters. The Labute approximate surface area is 218 Å². The van der Waals surface area contributed by atoms with Crippen LogP contribution in [0.4, 0.5) is 11.4 Å². The minimum atomic E-state index is -0.508. The van der Waals surface area contributed by atoms with Crippen molar-refractivity contribution in [2.75, 3.05) is 0 Å².